The second kappa shape index (κ2) is 6.72. The zero-order valence-corrected chi connectivity index (χ0v) is 13.8. The van der Waals surface area contributed by atoms with Crippen molar-refractivity contribution in [2.75, 3.05) is 20.7 Å². The Kier molecular flexibility index (Phi) is 4.68. The third-order valence-electron chi connectivity index (χ3n) is 4.92. The minimum absolute atomic E-state index is 0.369. The molecule has 2 heterocycles. The predicted molar refractivity (Wildman–Crippen MR) is 91.4 cm³/mol. The molecule has 1 aromatic carbocycles. The van der Waals surface area contributed by atoms with Gasteiger partial charge in [-0.15, -0.1) is 0 Å². The molecule has 0 aliphatic carbocycles. The molecule has 1 aromatic heterocycles. The Balaban J connectivity index is 1.80. The van der Waals surface area contributed by atoms with Crippen LogP contribution in [0, 0.1) is 0 Å². The third-order valence-corrected chi connectivity index (χ3v) is 4.92. The molecule has 0 saturated carbocycles. The average molecular weight is 315 g/mol. The number of aromatic amines is 1. The van der Waals surface area contributed by atoms with E-state index in [-0.39, 0.29) is 5.97 Å². The van der Waals surface area contributed by atoms with Crippen molar-refractivity contribution in [2.24, 2.45) is 5.73 Å². The van der Waals surface area contributed by atoms with Crippen molar-refractivity contribution in [1.29, 1.82) is 0 Å². The van der Waals surface area contributed by atoms with E-state index >= 15 is 0 Å². The number of carbonyl (C=O) groups is 1. The number of esters is 1. The summed E-state index contributed by atoms with van der Waals surface area (Å²) < 4.78 is 4.71. The van der Waals surface area contributed by atoms with Crippen molar-refractivity contribution in [2.45, 2.75) is 37.8 Å². The third kappa shape index (κ3) is 3.41. The summed E-state index contributed by atoms with van der Waals surface area (Å²) in [5.74, 6) is -0.369. The first-order valence-corrected chi connectivity index (χ1v) is 8.21. The van der Waals surface area contributed by atoms with Crippen LogP contribution in [-0.2, 0) is 22.4 Å². The van der Waals surface area contributed by atoms with Crippen molar-refractivity contribution < 1.29 is 9.53 Å². The van der Waals surface area contributed by atoms with Crippen LogP contribution in [0.5, 0.6) is 0 Å². The number of fused-ring (bicyclic) bond motifs is 1. The number of H-pyrrole nitrogens is 1. The average Bonchev–Trinajstić information content (AvgIpc) is 3.14. The molecule has 23 heavy (non-hydrogen) atoms. The molecule has 1 aliphatic heterocycles. The number of hydrogen-bond acceptors (Lipinski definition) is 4. The number of carbonyl (C=O) groups excluding carboxylic acids is 1. The van der Waals surface area contributed by atoms with Gasteiger partial charge in [-0.1, -0.05) is 6.07 Å². The van der Waals surface area contributed by atoms with Crippen LogP contribution in [0.25, 0.3) is 10.9 Å². The minimum atomic E-state index is -0.610. The number of aromatic nitrogens is 1. The van der Waals surface area contributed by atoms with Gasteiger partial charge in [-0.05, 0) is 62.5 Å². The van der Waals surface area contributed by atoms with Crippen LogP contribution in [-0.4, -0.2) is 48.6 Å². The molecule has 5 nitrogen and oxygen atoms in total. The largest absolute Gasteiger partial charge is 0.468 e. The first kappa shape index (κ1) is 16.0. The van der Waals surface area contributed by atoms with E-state index < -0.39 is 6.04 Å². The summed E-state index contributed by atoms with van der Waals surface area (Å²) in [5, 5.41) is 1.24. The van der Waals surface area contributed by atoms with Crippen molar-refractivity contribution in [3.63, 3.8) is 0 Å². The zero-order valence-electron chi connectivity index (χ0n) is 13.8. The second-order valence-corrected chi connectivity index (χ2v) is 6.51. The van der Waals surface area contributed by atoms with Gasteiger partial charge < -0.3 is 20.4 Å². The van der Waals surface area contributed by atoms with E-state index in [4.69, 9.17) is 10.5 Å². The fraction of sp³-hybridized carbons (Fsp3) is 0.500. The number of likely N-dealkylation sites (tertiary alicyclic amines) is 1. The highest BCUT2D eigenvalue weighted by Gasteiger charge is 2.22. The quantitative estimate of drug-likeness (QED) is 0.826. The number of hydrogen-bond donors (Lipinski definition) is 2. The van der Waals surface area contributed by atoms with Crippen LogP contribution < -0.4 is 5.73 Å². The molecule has 5 heteroatoms. The monoisotopic (exact) mass is 315 g/mol. The maximum absolute atomic E-state index is 11.5. The van der Waals surface area contributed by atoms with Crippen LogP contribution in [0.4, 0.5) is 0 Å². The molecule has 2 atom stereocenters. The lowest BCUT2D eigenvalue weighted by atomic mass is 10.00. The zero-order chi connectivity index (χ0) is 16.4. The number of benzene rings is 1. The van der Waals surface area contributed by atoms with E-state index in [9.17, 15) is 4.79 Å². The summed E-state index contributed by atoms with van der Waals surface area (Å²) >= 11 is 0. The maximum Gasteiger partial charge on any atom is 0.322 e. The number of nitrogens with one attached hydrogen (secondary N) is 1. The van der Waals surface area contributed by atoms with Crippen molar-refractivity contribution in [3.05, 3.63) is 35.5 Å². The molecule has 1 aliphatic rings. The molecule has 0 bridgehead atoms. The van der Waals surface area contributed by atoms with Crippen LogP contribution in [0.15, 0.2) is 24.4 Å². The number of methoxy groups -OCH3 is 1. The highest BCUT2D eigenvalue weighted by atomic mass is 16.5. The van der Waals surface area contributed by atoms with E-state index in [1.54, 1.807) is 0 Å². The molecular weight excluding hydrogens is 290 g/mol. The molecular formula is C18H25N3O2. The van der Waals surface area contributed by atoms with Crippen molar-refractivity contribution in [1.82, 2.24) is 9.88 Å². The highest BCUT2D eigenvalue weighted by Crippen LogP contribution is 2.25. The molecule has 0 amide bonds. The van der Waals surface area contributed by atoms with Gasteiger partial charge in [0.15, 0.2) is 0 Å². The molecule has 0 radical (unpaired) electrons. The van der Waals surface area contributed by atoms with E-state index in [0.717, 1.165) is 17.5 Å². The fourth-order valence-corrected chi connectivity index (χ4v) is 3.50. The lowest BCUT2D eigenvalue weighted by molar-refractivity contribution is -0.142. The molecule has 124 valence electrons. The van der Waals surface area contributed by atoms with Gasteiger partial charge in [-0.2, -0.15) is 0 Å². The minimum Gasteiger partial charge on any atom is -0.468 e. The number of rotatable bonds is 5. The second-order valence-electron chi connectivity index (χ2n) is 6.51. The molecule has 3 rings (SSSR count). The van der Waals surface area contributed by atoms with Gasteiger partial charge in [-0.3, -0.25) is 4.79 Å². The molecule has 3 N–H and O–H groups in total. The molecule has 1 fully saturated rings. The van der Waals surface area contributed by atoms with E-state index in [1.807, 2.05) is 6.07 Å². The van der Waals surface area contributed by atoms with Gasteiger partial charge in [0.1, 0.15) is 6.04 Å². The number of nitrogens with two attached hydrogens (primary N) is 1. The summed E-state index contributed by atoms with van der Waals surface area (Å²) in [6.45, 7) is 1.19. The van der Waals surface area contributed by atoms with Crippen LogP contribution >= 0.6 is 0 Å². The maximum atomic E-state index is 11.5. The molecule has 2 aromatic rings. The summed E-state index contributed by atoms with van der Waals surface area (Å²) in [5.41, 5.74) is 9.42. The van der Waals surface area contributed by atoms with Crippen LogP contribution in [0.2, 0.25) is 0 Å². The van der Waals surface area contributed by atoms with Crippen molar-refractivity contribution >= 4 is 16.9 Å². The van der Waals surface area contributed by atoms with E-state index in [0.29, 0.717) is 12.5 Å². The summed E-state index contributed by atoms with van der Waals surface area (Å²) in [6, 6.07) is 6.25. The lowest BCUT2D eigenvalue weighted by Crippen LogP contribution is -2.33. The Morgan fingerprint density at radius 2 is 2.35 bits per heavy atom. The topological polar surface area (TPSA) is 71.3 Å². The first-order valence-electron chi connectivity index (χ1n) is 8.21. The normalized spacial score (nSPS) is 20.0. The summed E-state index contributed by atoms with van der Waals surface area (Å²) in [4.78, 5) is 17.3. The van der Waals surface area contributed by atoms with Crippen molar-refractivity contribution in [3.8, 4) is 0 Å². The molecule has 0 spiro atoms. The van der Waals surface area contributed by atoms with Crippen LogP contribution in [0.1, 0.15) is 24.0 Å². The Morgan fingerprint density at radius 3 is 3.04 bits per heavy atom. The van der Waals surface area contributed by atoms with Crippen LogP contribution in [0.3, 0.4) is 0 Å². The van der Waals surface area contributed by atoms with Gasteiger partial charge in [0.2, 0.25) is 0 Å². The summed E-state index contributed by atoms with van der Waals surface area (Å²) in [7, 11) is 3.57. The van der Waals surface area contributed by atoms with E-state index in [2.05, 4.69) is 35.3 Å². The Morgan fingerprint density at radius 1 is 1.52 bits per heavy atom. The predicted octanol–water partition coefficient (Wildman–Crippen LogP) is 1.85. The molecule has 1 unspecified atom stereocenters. The number of ether oxygens (including phenoxy) is 1. The van der Waals surface area contributed by atoms with Gasteiger partial charge in [-0.25, -0.2) is 0 Å². The standard InChI is InChI=1S/C18H25N3O2/c1-21-7-3-4-14(21)10-13-11-20-17-6-5-12(8-15(13)17)9-16(19)18(22)23-2/h5-6,8,11,14,16,20H,3-4,7,9-10,19H2,1-2H3/t14-,16?/m1/s1. The smallest absolute Gasteiger partial charge is 0.322 e. The van der Waals surface area contributed by atoms with Gasteiger partial charge in [0, 0.05) is 23.1 Å². The highest BCUT2D eigenvalue weighted by molar-refractivity contribution is 5.84. The lowest BCUT2D eigenvalue weighted by Gasteiger charge is -2.18. The summed E-state index contributed by atoms with van der Waals surface area (Å²) in [6.07, 6.45) is 6.21. The van der Waals surface area contributed by atoms with E-state index in [1.165, 1.54) is 37.4 Å². The number of likely N-dealkylation sites (N-methyl/N-ethyl adjacent to an activating group) is 1. The van der Waals surface area contributed by atoms with Gasteiger partial charge in [0.25, 0.3) is 0 Å². The van der Waals surface area contributed by atoms with Gasteiger partial charge in [0.05, 0.1) is 7.11 Å². The first-order chi connectivity index (χ1) is 11.1. The Labute approximate surface area is 136 Å². The Bertz CT molecular complexity index is 695. The molecule has 1 saturated heterocycles. The SMILES string of the molecule is COC(=O)C(N)Cc1ccc2[nH]cc(C[C@H]3CCCN3C)c2c1. The number of nitrogens with zero attached hydrogens (tertiary/aromatic N) is 1. The Hall–Kier alpha value is -1.85. The van der Waals surface area contributed by atoms with Gasteiger partial charge >= 0.3 is 5.97 Å². The fourth-order valence-electron chi connectivity index (χ4n) is 3.50.